The molecule has 2 amide bonds. The number of benzene rings is 2. The summed E-state index contributed by atoms with van der Waals surface area (Å²) in [5.74, 6) is 0.336. The van der Waals surface area contributed by atoms with Crippen molar-refractivity contribution in [1.29, 1.82) is 0 Å². The smallest absolute Gasteiger partial charge is 0.251 e. The van der Waals surface area contributed by atoms with Crippen LogP contribution in [0.3, 0.4) is 0 Å². The minimum atomic E-state index is -0.553. The van der Waals surface area contributed by atoms with Gasteiger partial charge in [-0.15, -0.1) is 5.10 Å². The minimum Gasteiger partial charge on any atom is -0.340 e. The average molecular weight is 530 g/mol. The van der Waals surface area contributed by atoms with E-state index in [0.29, 0.717) is 36.5 Å². The van der Waals surface area contributed by atoms with Crippen molar-refractivity contribution in [2.75, 3.05) is 33.7 Å². The Labute approximate surface area is 230 Å². The first-order valence-corrected chi connectivity index (χ1v) is 13.9. The highest BCUT2D eigenvalue weighted by Gasteiger charge is 2.38. The standard InChI is InChI=1S/C30H39N7O2/c1-21-6-8-22(9-7-21)26-19-28(26)31-15-4-5-27(30(39)36-17-14-25(20-36)35(2)3)33-29(38)23-10-12-24(13-11-23)37-18-16-32-34-37/h6-13,16,18,25-28,31H,4-5,14-15,17,19-20H2,1-3H3,(H,33,38)/t25?,26-,27-,28+/m0/s1. The normalized spacial score (nSPS) is 21.2. The Hall–Kier alpha value is -3.56. The number of hydrogen-bond acceptors (Lipinski definition) is 6. The van der Waals surface area contributed by atoms with Crippen molar-refractivity contribution in [3.8, 4) is 5.69 Å². The van der Waals surface area contributed by atoms with Crippen molar-refractivity contribution in [1.82, 2.24) is 35.4 Å². The lowest BCUT2D eigenvalue weighted by Crippen LogP contribution is -2.48. The van der Waals surface area contributed by atoms with E-state index in [1.54, 1.807) is 29.2 Å². The van der Waals surface area contributed by atoms with E-state index in [1.807, 2.05) is 31.1 Å². The molecule has 0 spiro atoms. The molecule has 9 nitrogen and oxygen atoms in total. The summed E-state index contributed by atoms with van der Waals surface area (Å²) in [6, 6.07) is 16.2. The molecule has 2 N–H and O–H groups in total. The lowest BCUT2D eigenvalue weighted by atomic mass is 10.1. The molecule has 39 heavy (non-hydrogen) atoms. The molecular formula is C30H39N7O2. The van der Waals surface area contributed by atoms with Gasteiger partial charge in [0.2, 0.25) is 5.91 Å². The Morgan fingerprint density at radius 2 is 1.87 bits per heavy atom. The first-order chi connectivity index (χ1) is 18.9. The van der Waals surface area contributed by atoms with Gasteiger partial charge in [0.15, 0.2) is 0 Å². The summed E-state index contributed by atoms with van der Waals surface area (Å²) in [5.41, 5.74) is 4.00. The fourth-order valence-electron chi connectivity index (χ4n) is 5.39. The lowest BCUT2D eigenvalue weighted by molar-refractivity contribution is -0.132. The third-order valence-corrected chi connectivity index (χ3v) is 8.00. The van der Waals surface area contributed by atoms with Crippen LogP contribution in [-0.4, -0.2) is 88.5 Å². The van der Waals surface area contributed by atoms with Gasteiger partial charge >= 0.3 is 0 Å². The predicted octanol–water partition coefficient (Wildman–Crippen LogP) is 2.76. The molecular weight excluding hydrogens is 490 g/mol. The molecule has 1 unspecified atom stereocenters. The molecule has 0 radical (unpaired) electrons. The van der Waals surface area contributed by atoms with Gasteiger partial charge in [-0.05, 0) is 83.1 Å². The summed E-state index contributed by atoms with van der Waals surface area (Å²) in [7, 11) is 4.10. The van der Waals surface area contributed by atoms with Gasteiger partial charge in [-0.25, -0.2) is 4.68 Å². The zero-order chi connectivity index (χ0) is 27.4. The van der Waals surface area contributed by atoms with E-state index in [9.17, 15) is 9.59 Å². The molecule has 1 aromatic heterocycles. The van der Waals surface area contributed by atoms with Gasteiger partial charge in [-0.3, -0.25) is 9.59 Å². The van der Waals surface area contributed by atoms with Gasteiger partial charge < -0.3 is 20.4 Å². The van der Waals surface area contributed by atoms with Crippen LogP contribution in [0.4, 0.5) is 0 Å². The fourth-order valence-corrected chi connectivity index (χ4v) is 5.39. The molecule has 1 aliphatic heterocycles. The molecule has 1 aliphatic carbocycles. The fraction of sp³-hybridized carbons (Fsp3) is 0.467. The molecule has 9 heteroatoms. The third-order valence-electron chi connectivity index (χ3n) is 8.00. The molecule has 2 aromatic carbocycles. The van der Waals surface area contributed by atoms with Gasteiger partial charge in [0.25, 0.3) is 5.91 Å². The average Bonchev–Trinajstić information content (AvgIpc) is 3.31. The largest absolute Gasteiger partial charge is 0.340 e. The Bertz CT molecular complexity index is 1240. The molecule has 3 aromatic rings. The second kappa shape index (κ2) is 12.1. The maximum atomic E-state index is 13.5. The predicted molar refractivity (Wildman–Crippen MR) is 151 cm³/mol. The first kappa shape index (κ1) is 27.0. The highest BCUT2D eigenvalue weighted by atomic mass is 16.2. The number of likely N-dealkylation sites (N-methyl/N-ethyl adjacent to an activating group) is 1. The summed E-state index contributed by atoms with van der Waals surface area (Å²) < 4.78 is 1.64. The summed E-state index contributed by atoms with van der Waals surface area (Å²) in [4.78, 5) is 30.8. The summed E-state index contributed by atoms with van der Waals surface area (Å²) in [6.45, 7) is 4.35. The SMILES string of the molecule is Cc1ccc([C@@H]2C[C@H]2NCCC[C@H](NC(=O)c2ccc(-n3ccnn3)cc2)C(=O)N2CCC(N(C)C)C2)cc1. The molecule has 2 fully saturated rings. The molecule has 2 aliphatic rings. The van der Waals surface area contributed by atoms with Gasteiger partial charge in [-0.1, -0.05) is 35.0 Å². The van der Waals surface area contributed by atoms with E-state index in [2.05, 4.69) is 57.0 Å². The number of aryl methyl sites for hydroxylation is 1. The van der Waals surface area contributed by atoms with Gasteiger partial charge in [-0.2, -0.15) is 0 Å². The third kappa shape index (κ3) is 6.72. The van der Waals surface area contributed by atoms with Crippen molar-refractivity contribution in [2.24, 2.45) is 0 Å². The highest BCUT2D eigenvalue weighted by molar-refractivity contribution is 5.97. The van der Waals surface area contributed by atoms with Crippen molar-refractivity contribution >= 4 is 11.8 Å². The number of carbonyl (C=O) groups is 2. The van der Waals surface area contributed by atoms with Crippen LogP contribution in [0.1, 0.15) is 53.1 Å². The Morgan fingerprint density at radius 1 is 1.10 bits per heavy atom. The van der Waals surface area contributed by atoms with Crippen LogP contribution in [0.2, 0.25) is 0 Å². The van der Waals surface area contributed by atoms with Crippen LogP contribution in [-0.2, 0) is 4.79 Å². The second-order valence-corrected chi connectivity index (χ2v) is 11.1. The molecule has 0 bridgehead atoms. The Kier molecular flexibility index (Phi) is 8.38. The van der Waals surface area contributed by atoms with Gasteiger partial charge in [0, 0.05) is 36.7 Å². The van der Waals surface area contributed by atoms with Crippen LogP contribution >= 0.6 is 0 Å². The quantitative estimate of drug-likeness (QED) is 0.371. The first-order valence-electron chi connectivity index (χ1n) is 13.9. The molecule has 4 atom stereocenters. The summed E-state index contributed by atoms with van der Waals surface area (Å²) in [6.07, 6.45) is 6.86. The van der Waals surface area contributed by atoms with E-state index in [1.165, 1.54) is 11.1 Å². The zero-order valence-electron chi connectivity index (χ0n) is 23.1. The van der Waals surface area contributed by atoms with Crippen molar-refractivity contribution in [2.45, 2.75) is 56.7 Å². The monoisotopic (exact) mass is 529 g/mol. The van der Waals surface area contributed by atoms with Crippen LogP contribution in [0, 0.1) is 6.92 Å². The number of aromatic nitrogens is 3. The van der Waals surface area contributed by atoms with Gasteiger partial charge in [0.1, 0.15) is 6.04 Å². The van der Waals surface area contributed by atoms with Crippen LogP contribution in [0.25, 0.3) is 5.69 Å². The molecule has 1 saturated carbocycles. The minimum absolute atomic E-state index is 0.0101. The molecule has 1 saturated heterocycles. The number of likely N-dealkylation sites (tertiary alicyclic amines) is 1. The topological polar surface area (TPSA) is 95.4 Å². The number of carbonyl (C=O) groups excluding carboxylic acids is 2. The van der Waals surface area contributed by atoms with Crippen LogP contribution in [0.15, 0.2) is 60.9 Å². The van der Waals surface area contributed by atoms with Crippen LogP contribution in [0.5, 0.6) is 0 Å². The Morgan fingerprint density at radius 3 is 2.54 bits per heavy atom. The van der Waals surface area contributed by atoms with Crippen molar-refractivity contribution in [3.63, 3.8) is 0 Å². The number of nitrogens with one attached hydrogen (secondary N) is 2. The maximum absolute atomic E-state index is 13.5. The number of nitrogens with zero attached hydrogens (tertiary/aromatic N) is 5. The van der Waals surface area contributed by atoms with E-state index >= 15 is 0 Å². The lowest BCUT2D eigenvalue weighted by Gasteiger charge is -2.26. The second-order valence-electron chi connectivity index (χ2n) is 11.1. The summed E-state index contributed by atoms with van der Waals surface area (Å²) in [5, 5.41) is 14.5. The maximum Gasteiger partial charge on any atom is 0.251 e. The van der Waals surface area contributed by atoms with Crippen LogP contribution < -0.4 is 10.6 Å². The van der Waals surface area contributed by atoms with E-state index in [-0.39, 0.29) is 11.8 Å². The van der Waals surface area contributed by atoms with Gasteiger partial charge in [0.05, 0.1) is 18.1 Å². The van der Waals surface area contributed by atoms with Crippen molar-refractivity contribution < 1.29 is 9.59 Å². The van der Waals surface area contributed by atoms with E-state index in [0.717, 1.165) is 38.0 Å². The van der Waals surface area contributed by atoms with Crippen molar-refractivity contribution in [3.05, 3.63) is 77.6 Å². The number of hydrogen-bond donors (Lipinski definition) is 2. The van der Waals surface area contributed by atoms with E-state index in [4.69, 9.17) is 0 Å². The van der Waals surface area contributed by atoms with E-state index < -0.39 is 6.04 Å². The number of rotatable bonds is 11. The molecule has 5 rings (SSSR count). The highest BCUT2D eigenvalue weighted by Crippen LogP contribution is 2.40. The number of amides is 2. The Balaban J connectivity index is 1.17. The summed E-state index contributed by atoms with van der Waals surface area (Å²) >= 11 is 0. The molecule has 2 heterocycles. The zero-order valence-corrected chi connectivity index (χ0v) is 23.1. The molecule has 206 valence electrons.